The summed E-state index contributed by atoms with van der Waals surface area (Å²) >= 11 is 6.50. The molecule has 0 radical (unpaired) electrons. The number of carbonyl (C=O) groups is 2. The lowest BCUT2D eigenvalue weighted by atomic mass is 10.0. The fourth-order valence-electron chi connectivity index (χ4n) is 3.17. The van der Waals surface area contributed by atoms with Crippen molar-refractivity contribution in [3.8, 4) is 0 Å². The van der Waals surface area contributed by atoms with Crippen molar-refractivity contribution in [2.24, 2.45) is 5.92 Å². The minimum absolute atomic E-state index is 0.0486. The van der Waals surface area contributed by atoms with Crippen molar-refractivity contribution in [1.82, 2.24) is 4.90 Å². The van der Waals surface area contributed by atoms with E-state index in [1.165, 1.54) is 7.11 Å². The summed E-state index contributed by atoms with van der Waals surface area (Å²) in [6.07, 6.45) is 4.01. The number of alkyl halides is 1. The number of hydrogen-bond acceptors (Lipinski definition) is 4. The zero-order chi connectivity index (χ0) is 22.5. The Labute approximate surface area is 186 Å². The number of methoxy groups -OCH3 is 1. The Morgan fingerprint density at radius 1 is 1.23 bits per heavy atom. The molecule has 0 unspecified atom stereocenters. The van der Waals surface area contributed by atoms with Crippen LogP contribution in [-0.2, 0) is 25.3 Å². The molecule has 1 aliphatic rings. The summed E-state index contributed by atoms with van der Waals surface area (Å²) in [5, 5.41) is -0.975. The van der Waals surface area contributed by atoms with Crippen LogP contribution in [0.5, 0.6) is 0 Å². The molecule has 1 aromatic carbocycles. The van der Waals surface area contributed by atoms with Gasteiger partial charge in [0.05, 0.1) is 13.2 Å². The lowest BCUT2D eigenvalue weighted by Crippen LogP contribution is -2.49. The Kier molecular flexibility index (Phi) is 8.31. The van der Waals surface area contributed by atoms with E-state index in [-0.39, 0.29) is 17.0 Å². The predicted molar refractivity (Wildman–Crippen MR) is 123 cm³/mol. The van der Waals surface area contributed by atoms with Crippen LogP contribution < -0.4 is 0 Å². The number of nitrogens with zero attached hydrogens (tertiary/aromatic N) is 1. The van der Waals surface area contributed by atoms with E-state index in [1.54, 1.807) is 11.0 Å². The predicted octanol–water partition coefficient (Wildman–Crippen LogP) is 4.76. The maximum Gasteiger partial charge on any atom is 0.314 e. The van der Waals surface area contributed by atoms with E-state index in [0.717, 1.165) is 5.56 Å². The van der Waals surface area contributed by atoms with E-state index in [1.807, 2.05) is 36.4 Å². The summed E-state index contributed by atoms with van der Waals surface area (Å²) in [7, 11) is -0.743. The normalized spacial score (nSPS) is 24.6. The van der Waals surface area contributed by atoms with Gasteiger partial charge in [-0.15, -0.1) is 11.6 Å². The van der Waals surface area contributed by atoms with Crippen molar-refractivity contribution in [1.29, 1.82) is 0 Å². The average Bonchev–Trinajstić information content (AvgIpc) is 2.72. The van der Waals surface area contributed by atoms with Gasteiger partial charge in [-0.05, 0) is 30.1 Å². The number of ether oxygens (including phenoxy) is 1. The molecular weight excluding hydrogens is 418 g/mol. The Hall–Kier alpha value is -1.63. The first-order valence-corrected chi connectivity index (χ1v) is 13.7. The minimum Gasteiger partial charge on any atom is -0.469 e. The van der Waals surface area contributed by atoms with Crippen LogP contribution in [0.2, 0.25) is 18.1 Å². The number of amides is 1. The molecule has 0 saturated heterocycles. The highest BCUT2D eigenvalue weighted by Crippen LogP contribution is 2.38. The van der Waals surface area contributed by atoms with Crippen molar-refractivity contribution in [3.05, 3.63) is 48.0 Å². The maximum absolute atomic E-state index is 13.3. The molecule has 2 rings (SSSR count). The van der Waals surface area contributed by atoms with Gasteiger partial charge in [0.25, 0.3) is 0 Å². The highest BCUT2D eigenvalue weighted by atomic mass is 35.5. The first-order chi connectivity index (χ1) is 14.0. The molecule has 1 amide bonds. The van der Waals surface area contributed by atoms with Gasteiger partial charge < -0.3 is 14.1 Å². The smallest absolute Gasteiger partial charge is 0.314 e. The van der Waals surface area contributed by atoms with Crippen LogP contribution in [-0.4, -0.2) is 50.2 Å². The summed E-state index contributed by atoms with van der Waals surface area (Å²) in [5.74, 6) is -1.62. The summed E-state index contributed by atoms with van der Waals surface area (Å²) in [4.78, 5) is 27.3. The van der Waals surface area contributed by atoms with Gasteiger partial charge in [-0.1, -0.05) is 63.3 Å². The van der Waals surface area contributed by atoms with Crippen LogP contribution in [0.4, 0.5) is 0 Å². The quantitative estimate of drug-likeness (QED) is 0.280. The van der Waals surface area contributed by atoms with Gasteiger partial charge in [-0.3, -0.25) is 9.59 Å². The number of halogens is 1. The van der Waals surface area contributed by atoms with Gasteiger partial charge in [-0.25, -0.2) is 0 Å². The van der Waals surface area contributed by atoms with Crippen molar-refractivity contribution >= 4 is 31.8 Å². The average molecular weight is 452 g/mol. The SMILES string of the molecule is COC(=O)[C@@H]1/C=C/C[C@@H](O[Si](C)(C)C(C)(C)C)CN(Cc2ccccc2)C(=O)[C@@H]1Cl. The Bertz CT molecular complexity index is 760. The molecular formula is C23H34ClNO4Si. The van der Waals surface area contributed by atoms with Gasteiger partial charge in [0.2, 0.25) is 5.91 Å². The van der Waals surface area contributed by atoms with Crippen LogP contribution in [0, 0.1) is 5.92 Å². The molecule has 0 fully saturated rings. The van der Waals surface area contributed by atoms with E-state index in [2.05, 4.69) is 33.9 Å². The topological polar surface area (TPSA) is 55.8 Å². The third-order valence-corrected chi connectivity index (χ3v) is 11.0. The molecule has 0 saturated carbocycles. The van der Waals surface area contributed by atoms with Crippen LogP contribution in [0.25, 0.3) is 0 Å². The molecule has 7 heteroatoms. The zero-order valence-corrected chi connectivity index (χ0v) is 20.6. The summed E-state index contributed by atoms with van der Waals surface area (Å²) < 4.78 is 11.5. The number of carbonyl (C=O) groups excluding carboxylic acids is 2. The standard InChI is InChI=1S/C23H34ClNO4Si/c1-23(2,3)30(5,6)29-18-13-10-14-19(22(27)28-4)20(24)21(26)25(16-18)15-17-11-8-7-9-12-17/h7-12,14,18-20H,13,15-16H2,1-6H3/b14-10+/t18-,19-,20-/m1/s1. The van der Waals surface area contributed by atoms with E-state index >= 15 is 0 Å². The Balaban J connectivity index is 2.36. The molecule has 0 aromatic heterocycles. The second kappa shape index (κ2) is 10.1. The molecule has 1 aromatic rings. The molecule has 3 atom stereocenters. The molecule has 0 aliphatic carbocycles. The lowest BCUT2D eigenvalue weighted by Gasteiger charge is -2.40. The highest BCUT2D eigenvalue weighted by molar-refractivity contribution is 6.74. The van der Waals surface area contributed by atoms with Gasteiger partial charge >= 0.3 is 5.97 Å². The zero-order valence-electron chi connectivity index (χ0n) is 18.9. The second-order valence-corrected chi connectivity index (χ2v) is 14.5. The second-order valence-electron chi connectivity index (χ2n) is 9.32. The van der Waals surface area contributed by atoms with E-state index < -0.39 is 25.6 Å². The fourth-order valence-corrected chi connectivity index (χ4v) is 4.85. The molecule has 1 heterocycles. The fraction of sp³-hybridized carbons (Fsp3) is 0.565. The first-order valence-electron chi connectivity index (χ1n) is 10.4. The Morgan fingerprint density at radius 2 is 1.87 bits per heavy atom. The van der Waals surface area contributed by atoms with Crippen LogP contribution in [0.3, 0.4) is 0 Å². The van der Waals surface area contributed by atoms with Crippen molar-refractivity contribution in [2.75, 3.05) is 13.7 Å². The van der Waals surface area contributed by atoms with Crippen LogP contribution >= 0.6 is 11.6 Å². The monoisotopic (exact) mass is 451 g/mol. The van der Waals surface area contributed by atoms with Crippen LogP contribution in [0.15, 0.2) is 42.5 Å². The van der Waals surface area contributed by atoms with E-state index in [9.17, 15) is 9.59 Å². The van der Waals surface area contributed by atoms with Crippen molar-refractivity contribution < 1.29 is 18.8 Å². The largest absolute Gasteiger partial charge is 0.469 e. The third-order valence-electron chi connectivity index (χ3n) is 5.99. The molecule has 1 aliphatic heterocycles. The number of hydrogen-bond donors (Lipinski definition) is 0. The number of esters is 1. The molecule has 0 spiro atoms. The number of benzene rings is 1. The van der Waals surface area contributed by atoms with Gasteiger partial charge in [0.1, 0.15) is 11.3 Å². The minimum atomic E-state index is -2.05. The highest BCUT2D eigenvalue weighted by Gasteiger charge is 2.41. The third kappa shape index (κ3) is 6.19. The van der Waals surface area contributed by atoms with Gasteiger partial charge in [-0.2, -0.15) is 0 Å². The summed E-state index contributed by atoms with van der Waals surface area (Å²) in [5.41, 5.74) is 1.00. The summed E-state index contributed by atoms with van der Waals surface area (Å²) in [6, 6.07) is 9.77. The van der Waals surface area contributed by atoms with Crippen molar-refractivity contribution in [2.45, 2.75) is 63.4 Å². The molecule has 5 nitrogen and oxygen atoms in total. The molecule has 166 valence electrons. The maximum atomic E-state index is 13.3. The van der Waals surface area contributed by atoms with E-state index in [4.69, 9.17) is 20.8 Å². The van der Waals surface area contributed by atoms with Gasteiger partial charge in [0, 0.05) is 13.1 Å². The first kappa shape index (κ1) is 24.6. The molecule has 30 heavy (non-hydrogen) atoms. The molecule has 0 N–H and O–H groups in total. The summed E-state index contributed by atoms with van der Waals surface area (Å²) in [6.45, 7) is 11.8. The van der Waals surface area contributed by atoms with Crippen molar-refractivity contribution in [3.63, 3.8) is 0 Å². The molecule has 0 bridgehead atoms. The number of rotatable bonds is 5. The van der Waals surface area contributed by atoms with Crippen LogP contribution in [0.1, 0.15) is 32.8 Å². The Morgan fingerprint density at radius 3 is 2.43 bits per heavy atom. The van der Waals surface area contributed by atoms with E-state index in [0.29, 0.717) is 19.5 Å². The van der Waals surface area contributed by atoms with Gasteiger partial charge in [0.15, 0.2) is 8.32 Å². The lowest BCUT2D eigenvalue weighted by molar-refractivity contribution is -0.147.